The summed E-state index contributed by atoms with van der Waals surface area (Å²) in [6, 6.07) is 6.03. The Morgan fingerprint density at radius 3 is 2.45 bits per heavy atom. The fourth-order valence-corrected chi connectivity index (χ4v) is 3.20. The van der Waals surface area contributed by atoms with Gasteiger partial charge < -0.3 is 9.88 Å². The summed E-state index contributed by atoms with van der Waals surface area (Å²) >= 11 is 1.42. The van der Waals surface area contributed by atoms with Crippen molar-refractivity contribution >= 4 is 23.4 Å². The van der Waals surface area contributed by atoms with E-state index in [1.807, 2.05) is 26.0 Å². The predicted octanol–water partition coefficient (Wildman–Crippen LogP) is 3.21. The Kier molecular flexibility index (Phi) is 5.60. The Labute approximate surface area is 135 Å². The molecule has 1 N–H and O–H groups in total. The number of hydrogen-bond donors (Lipinski definition) is 1. The summed E-state index contributed by atoms with van der Waals surface area (Å²) in [5, 5.41) is 12.0. The standard InChI is InChI=1S/C16H22N4OS/c1-5-14-18-19-16(20(14)6-2)22-10-15(21)17-13-8-11(3)7-12(4)9-13/h7-9H,5-6,10H2,1-4H3,(H,17,21). The van der Waals surface area contributed by atoms with Crippen LogP contribution in [0.1, 0.15) is 30.8 Å². The van der Waals surface area contributed by atoms with Gasteiger partial charge in [-0.2, -0.15) is 0 Å². The zero-order valence-electron chi connectivity index (χ0n) is 13.5. The van der Waals surface area contributed by atoms with Gasteiger partial charge in [0.2, 0.25) is 5.91 Å². The Morgan fingerprint density at radius 2 is 1.86 bits per heavy atom. The summed E-state index contributed by atoms with van der Waals surface area (Å²) in [5.74, 6) is 1.26. The molecule has 0 saturated heterocycles. The summed E-state index contributed by atoms with van der Waals surface area (Å²) < 4.78 is 2.05. The minimum absolute atomic E-state index is 0.0290. The summed E-state index contributed by atoms with van der Waals surface area (Å²) in [7, 11) is 0. The molecule has 0 aliphatic heterocycles. The van der Waals surface area contributed by atoms with E-state index in [0.29, 0.717) is 5.75 Å². The molecule has 1 amide bonds. The van der Waals surface area contributed by atoms with E-state index in [4.69, 9.17) is 0 Å². The number of aryl methyl sites for hydroxylation is 3. The van der Waals surface area contributed by atoms with Crippen molar-refractivity contribution in [3.8, 4) is 0 Å². The van der Waals surface area contributed by atoms with Gasteiger partial charge in [0.05, 0.1) is 5.75 Å². The first-order valence-corrected chi connectivity index (χ1v) is 8.45. The van der Waals surface area contributed by atoms with Crippen LogP contribution < -0.4 is 5.32 Å². The molecule has 2 aromatic rings. The molecular formula is C16H22N4OS. The lowest BCUT2D eigenvalue weighted by Gasteiger charge is -2.08. The molecular weight excluding hydrogens is 296 g/mol. The lowest BCUT2D eigenvalue weighted by molar-refractivity contribution is -0.113. The van der Waals surface area contributed by atoms with E-state index in [9.17, 15) is 4.79 Å². The average molecular weight is 318 g/mol. The number of nitrogens with zero attached hydrogens (tertiary/aromatic N) is 3. The second kappa shape index (κ2) is 7.45. The topological polar surface area (TPSA) is 59.8 Å². The molecule has 0 bridgehead atoms. The molecule has 1 aromatic heterocycles. The van der Waals surface area contributed by atoms with Crippen LogP contribution >= 0.6 is 11.8 Å². The van der Waals surface area contributed by atoms with Crippen LogP contribution in [0, 0.1) is 13.8 Å². The monoisotopic (exact) mass is 318 g/mol. The maximum absolute atomic E-state index is 12.1. The SMILES string of the molecule is CCc1nnc(SCC(=O)Nc2cc(C)cc(C)c2)n1CC. The average Bonchev–Trinajstić information content (AvgIpc) is 2.85. The zero-order valence-corrected chi connectivity index (χ0v) is 14.3. The van der Waals surface area contributed by atoms with Crippen LogP contribution in [0.3, 0.4) is 0 Å². The van der Waals surface area contributed by atoms with Gasteiger partial charge in [0.25, 0.3) is 0 Å². The van der Waals surface area contributed by atoms with Gasteiger partial charge in [-0.05, 0) is 44.0 Å². The van der Waals surface area contributed by atoms with Crippen molar-refractivity contribution in [2.75, 3.05) is 11.1 Å². The number of amides is 1. The molecule has 0 saturated carbocycles. The van der Waals surface area contributed by atoms with Crippen molar-refractivity contribution in [1.29, 1.82) is 0 Å². The number of carbonyl (C=O) groups is 1. The summed E-state index contributed by atoms with van der Waals surface area (Å²) in [4.78, 5) is 12.1. The molecule has 5 nitrogen and oxygen atoms in total. The quantitative estimate of drug-likeness (QED) is 0.831. The fourth-order valence-electron chi connectivity index (χ4n) is 2.38. The lowest BCUT2D eigenvalue weighted by atomic mass is 10.1. The highest BCUT2D eigenvalue weighted by Gasteiger charge is 2.12. The normalized spacial score (nSPS) is 10.7. The minimum atomic E-state index is -0.0290. The van der Waals surface area contributed by atoms with E-state index in [1.165, 1.54) is 11.8 Å². The van der Waals surface area contributed by atoms with Gasteiger partial charge in [-0.1, -0.05) is 24.8 Å². The molecule has 1 heterocycles. The third-order valence-electron chi connectivity index (χ3n) is 3.26. The Balaban J connectivity index is 1.97. The van der Waals surface area contributed by atoms with Crippen molar-refractivity contribution < 1.29 is 4.79 Å². The summed E-state index contributed by atoms with van der Waals surface area (Å²) in [6.45, 7) is 8.97. The molecule has 2 rings (SSSR count). The lowest BCUT2D eigenvalue weighted by Crippen LogP contribution is -2.15. The number of carbonyl (C=O) groups excluding carboxylic acids is 1. The molecule has 22 heavy (non-hydrogen) atoms. The second-order valence-corrected chi connectivity index (χ2v) is 6.15. The highest BCUT2D eigenvalue weighted by atomic mass is 32.2. The van der Waals surface area contributed by atoms with Crippen LogP contribution in [0.25, 0.3) is 0 Å². The van der Waals surface area contributed by atoms with E-state index in [1.54, 1.807) is 0 Å². The minimum Gasteiger partial charge on any atom is -0.325 e. The first kappa shape index (κ1) is 16.5. The Bertz CT molecular complexity index is 646. The number of nitrogens with one attached hydrogen (secondary N) is 1. The molecule has 0 radical (unpaired) electrons. The van der Waals surface area contributed by atoms with Crippen LogP contribution in [0.15, 0.2) is 23.4 Å². The number of rotatable bonds is 6. The third-order valence-corrected chi connectivity index (χ3v) is 4.23. The maximum Gasteiger partial charge on any atom is 0.234 e. The van der Waals surface area contributed by atoms with Crippen molar-refractivity contribution in [1.82, 2.24) is 14.8 Å². The summed E-state index contributed by atoms with van der Waals surface area (Å²) in [6.07, 6.45) is 0.843. The third kappa shape index (κ3) is 4.10. The molecule has 6 heteroatoms. The molecule has 0 aliphatic rings. The number of hydrogen-bond acceptors (Lipinski definition) is 4. The molecule has 0 atom stereocenters. The van der Waals surface area contributed by atoms with E-state index in [-0.39, 0.29) is 5.91 Å². The van der Waals surface area contributed by atoms with Crippen molar-refractivity contribution in [3.05, 3.63) is 35.2 Å². The molecule has 0 unspecified atom stereocenters. The molecule has 1 aromatic carbocycles. The van der Waals surface area contributed by atoms with Gasteiger partial charge in [-0.15, -0.1) is 10.2 Å². The number of anilines is 1. The van der Waals surface area contributed by atoms with Crippen molar-refractivity contribution in [2.24, 2.45) is 0 Å². The molecule has 0 aliphatic carbocycles. The first-order valence-electron chi connectivity index (χ1n) is 7.46. The zero-order chi connectivity index (χ0) is 16.1. The van der Waals surface area contributed by atoms with Gasteiger partial charge >= 0.3 is 0 Å². The number of benzene rings is 1. The largest absolute Gasteiger partial charge is 0.325 e. The van der Waals surface area contributed by atoms with Gasteiger partial charge in [-0.3, -0.25) is 4.79 Å². The van der Waals surface area contributed by atoms with E-state index >= 15 is 0 Å². The van der Waals surface area contributed by atoms with E-state index < -0.39 is 0 Å². The molecule has 0 spiro atoms. The smallest absolute Gasteiger partial charge is 0.234 e. The Morgan fingerprint density at radius 1 is 1.18 bits per heavy atom. The van der Waals surface area contributed by atoms with Gasteiger partial charge in [0.1, 0.15) is 5.82 Å². The number of aromatic nitrogens is 3. The van der Waals surface area contributed by atoms with Crippen LogP contribution in [0.5, 0.6) is 0 Å². The van der Waals surface area contributed by atoms with Crippen molar-refractivity contribution in [2.45, 2.75) is 45.8 Å². The van der Waals surface area contributed by atoms with Gasteiger partial charge in [0.15, 0.2) is 5.16 Å². The van der Waals surface area contributed by atoms with Crippen LogP contribution in [-0.2, 0) is 17.8 Å². The first-order chi connectivity index (χ1) is 10.5. The highest BCUT2D eigenvalue weighted by molar-refractivity contribution is 7.99. The second-order valence-electron chi connectivity index (χ2n) is 5.21. The van der Waals surface area contributed by atoms with E-state index in [0.717, 1.165) is 40.8 Å². The summed E-state index contributed by atoms with van der Waals surface area (Å²) in [5.41, 5.74) is 3.12. The van der Waals surface area contributed by atoms with Crippen LogP contribution in [0.4, 0.5) is 5.69 Å². The molecule has 118 valence electrons. The van der Waals surface area contributed by atoms with Gasteiger partial charge in [0, 0.05) is 18.7 Å². The Hall–Kier alpha value is -1.82. The highest BCUT2D eigenvalue weighted by Crippen LogP contribution is 2.19. The maximum atomic E-state index is 12.1. The fraction of sp³-hybridized carbons (Fsp3) is 0.438. The predicted molar refractivity (Wildman–Crippen MR) is 90.3 cm³/mol. The van der Waals surface area contributed by atoms with Crippen LogP contribution in [-0.4, -0.2) is 26.4 Å². The van der Waals surface area contributed by atoms with E-state index in [2.05, 4.69) is 40.0 Å². The van der Waals surface area contributed by atoms with Gasteiger partial charge in [-0.25, -0.2) is 0 Å². The van der Waals surface area contributed by atoms with Crippen LogP contribution in [0.2, 0.25) is 0 Å². The number of thioether (sulfide) groups is 1. The van der Waals surface area contributed by atoms with Crippen molar-refractivity contribution in [3.63, 3.8) is 0 Å². The molecule has 0 fully saturated rings.